The van der Waals surface area contributed by atoms with Crippen LogP contribution in [0.15, 0.2) is 18.5 Å². The van der Waals surface area contributed by atoms with Gasteiger partial charge in [0.15, 0.2) is 0 Å². The molecule has 0 aliphatic carbocycles. The standard InChI is InChI=1S/C15H23N5/c1-5-14-13(8-11(2)18-19-14)15(16-3)7-6-12-9-17-20(4)10-12/h8-10,15-16H,5-7H2,1-4H3. The van der Waals surface area contributed by atoms with Crippen LogP contribution in [0.3, 0.4) is 0 Å². The molecule has 0 aliphatic heterocycles. The summed E-state index contributed by atoms with van der Waals surface area (Å²) in [5.74, 6) is 0. The van der Waals surface area contributed by atoms with Crippen molar-refractivity contribution in [1.82, 2.24) is 25.3 Å². The quantitative estimate of drug-likeness (QED) is 0.874. The first-order chi connectivity index (χ1) is 9.63. The average Bonchev–Trinajstić information content (AvgIpc) is 2.85. The van der Waals surface area contributed by atoms with Gasteiger partial charge >= 0.3 is 0 Å². The van der Waals surface area contributed by atoms with Gasteiger partial charge in [-0.1, -0.05) is 6.92 Å². The third-order valence-corrected chi connectivity index (χ3v) is 3.56. The molecule has 0 radical (unpaired) electrons. The second-order valence-electron chi connectivity index (χ2n) is 5.14. The Balaban J connectivity index is 2.13. The number of aryl methyl sites for hydroxylation is 4. The van der Waals surface area contributed by atoms with Crippen LogP contribution in [-0.4, -0.2) is 27.0 Å². The molecule has 2 aromatic heterocycles. The number of nitrogens with one attached hydrogen (secondary N) is 1. The number of rotatable bonds is 6. The van der Waals surface area contributed by atoms with Crippen LogP contribution >= 0.6 is 0 Å². The van der Waals surface area contributed by atoms with E-state index in [0.29, 0.717) is 6.04 Å². The second-order valence-corrected chi connectivity index (χ2v) is 5.14. The fourth-order valence-corrected chi connectivity index (χ4v) is 2.48. The van der Waals surface area contributed by atoms with Crippen LogP contribution in [0.25, 0.3) is 0 Å². The van der Waals surface area contributed by atoms with E-state index in [1.54, 1.807) is 0 Å². The molecule has 0 spiro atoms. The maximum absolute atomic E-state index is 4.32. The topological polar surface area (TPSA) is 55.6 Å². The molecule has 5 heteroatoms. The molecule has 1 unspecified atom stereocenters. The van der Waals surface area contributed by atoms with E-state index in [4.69, 9.17) is 0 Å². The first-order valence-electron chi connectivity index (χ1n) is 7.12. The van der Waals surface area contributed by atoms with Gasteiger partial charge in [0.05, 0.1) is 17.6 Å². The molecule has 1 atom stereocenters. The van der Waals surface area contributed by atoms with E-state index in [9.17, 15) is 0 Å². The highest BCUT2D eigenvalue weighted by molar-refractivity contribution is 5.25. The molecule has 0 fully saturated rings. The lowest BCUT2D eigenvalue weighted by atomic mass is 9.98. The van der Waals surface area contributed by atoms with E-state index < -0.39 is 0 Å². The van der Waals surface area contributed by atoms with Gasteiger partial charge in [0.1, 0.15) is 0 Å². The van der Waals surface area contributed by atoms with Crippen molar-refractivity contribution in [2.24, 2.45) is 7.05 Å². The predicted molar refractivity (Wildman–Crippen MR) is 79.5 cm³/mol. The molecule has 0 bridgehead atoms. The summed E-state index contributed by atoms with van der Waals surface area (Å²) in [5, 5.41) is 16.1. The minimum absolute atomic E-state index is 0.305. The van der Waals surface area contributed by atoms with E-state index in [1.165, 1.54) is 11.1 Å². The molecule has 0 aliphatic rings. The number of hydrogen-bond donors (Lipinski definition) is 1. The SMILES string of the molecule is CCc1nnc(C)cc1C(CCc1cnn(C)c1)NC. The van der Waals surface area contributed by atoms with Gasteiger partial charge in [-0.25, -0.2) is 0 Å². The van der Waals surface area contributed by atoms with Crippen LogP contribution in [0.5, 0.6) is 0 Å². The van der Waals surface area contributed by atoms with E-state index >= 15 is 0 Å². The zero-order chi connectivity index (χ0) is 14.5. The van der Waals surface area contributed by atoms with Crippen LogP contribution in [0, 0.1) is 6.92 Å². The zero-order valence-corrected chi connectivity index (χ0v) is 12.7. The van der Waals surface area contributed by atoms with Crippen LogP contribution < -0.4 is 5.32 Å². The lowest BCUT2D eigenvalue weighted by Gasteiger charge is -2.19. The molecule has 5 nitrogen and oxygen atoms in total. The Morgan fingerprint density at radius 1 is 1.35 bits per heavy atom. The van der Waals surface area contributed by atoms with Crippen molar-refractivity contribution < 1.29 is 0 Å². The van der Waals surface area contributed by atoms with E-state index in [-0.39, 0.29) is 0 Å². The highest BCUT2D eigenvalue weighted by Crippen LogP contribution is 2.22. The molecular weight excluding hydrogens is 250 g/mol. The third kappa shape index (κ3) is 3.42. The minimum atomic E-state index is 0.305. The maximum atomic E-state index is 4.32. The van der Waals surface area contributed by atoms with Gasteiger partial charge in [0.2, 0.25) is 0 Å². The summed E-state index contributed by atoms with van der Waals surface area (Å²) in [6.45, 7) is 4.11. The van der Waals surface area contributed by atoms with Crippen LogP contribution in [-0.2, 0) is 19.9 Å². The molecule has 0 aromatic carbocycles. The summed E-state index contributed by atoms with van der Waals surface area (Å²) in [4.78, 5) is 0. The summed E-state index contributed by atoms with van der Waals surface area (Å²) < 4.78 is 1.85. The summed E-state index contributed by atoms with van der Waals surface area (Å²) in [7, 11) is 3.95. The van der Waals surface area contributed by atoms with Gasteiger partial charge in [-0.15, -0.1) is 0 Å². The first-order valence-corrected chi connectivity index (χ1v) is 7.12. The molecule has 2 rings (SSSR count). The van der Waals surface area contributed by atoms with Gasteiger partial charge in [0.25, 0.3) is 0 Å². The normalized spacial score (nSPS) is 12.6. The Morgan fingerprint density at radius 2 is 2.15 bits per heavy atom. The largest absolute Gasteiger partial charge is 0.313 e. The van der Waals surface area contributed by atoms with Crippen molar-refractivity contribution in [2.75, 3.05) is 7.05 Å². The highest BCUT2D eigenvalue weighted by Gasteiger charge is 2.15. The Labute approximate surface area is 120 Å². The van der Waals surface area contributed by atoms with Gasteiger partial charge in [-0.2, -0.15) is 15.3 Å². The summed E-state index contributed by atoms with van der Waals surface area (Å²) >= 11 is 0. The van der Waals surface area contributed by atoms with Gasteiger partial charge in [-0.05, 0) is 50.4 Å². The molecule has 2 aromatic rings. The lowest BCUT2D eigenvalue weighted by Crippen LogP contribution is -2.20. The van der Waals surface area contributed by atoms with Crippen molar-refractivity contribution >= 4 is 0 Å². The van der Waals surface area contributed by atoms with Crippen molar-refractivity contribution in [1.29, 1.82) is 0 Å². The molecule has 0 saturated heterocycles. The fourth-order valence-electron chi connectivity index (χ4n) is 2.48. The van der Waals surface area contributed by atoms with Crippen molar-refractivity contribution in [3.63, 3.8) is 0 Å². The Kier molecular flexibility index (Phi) is 4.84. The van der Waals surface area contributed by atoms with E-state index in [0.717, 1.165) is 30.7 Å². The Hall–Kier alpha value is -1.75. The van der Waals surface area contributed by atoms with Gasteiger partial charge in [-0.3, -0.25) is 4.68 Å². The molecule has 0 amide bonds. The van der Waals surface area contributed by atoms with Gasteiger partial charge in [0, 0.05) is 19.3 Å². The first kappa shape index (κ1) is 14.7. The van der Waals surface area contributed by atoms with Crippen LogP contribution in [0.1, 0.15) is 41.9 Å². The maximum Gasteiger partial charge on any atom is 0.0676 e. The molecule has 1 N–H and O–H groups in total. The van der Waals surface area contributed by atoms with Gasteiger partial charge < -0.3 is 5.32 Å². The van der Waals surface area contributed by atoms with Crippen molar-refractivity contribution in [3.05, 3.63) is 41.0 Å². The number of hydrogen-bond acceptors (Lipinski definition) is 4. The summed E-state index contributed by atoms with van der Waals surface area (Å²) in [6, 6.07) is 2.45. The molecule has 2 heterocycles. The molecular formula is C15H23N5. The van der Waals surface area contributed by atoms with Crippen LogP contribution in [0.4, 0.5) is 0 Å². The molecule has 0 saturated carbocycles. The smallest absolute Gasteiger partial charge is 0.0676 e. The zero-order valence-electron chi connectivity index (χ0n) is 12.7. The third-order valence-electron chi connectivity index (χ3n) is 3.56. The minimum Gasteiger partial charge on any atom is -0.313 e. The summed E-state index contributed by atoms with van der Waals surface area (Å²) in [5.41, 5.74) is 4.59. The Bertz CT molecular complexity index is 561. The Morgan fingerprint density at radius 3 is 2.75 bits per heavy atom. The van der Waals surface area contributed by atoms with Crippen molar-refractivity contribution in [2.45, 2.75) is 39.2 Å². The van der Waals surface area contributed by atoms with Crippen LogP contribution in [0.2, 0.25) is 0 Å². The predicted octanol–water partition coefficient (Wildman–Crippen LogP) is 1.97. The van der Waals surface area contributed by atoms with E-state index in [1.807, 2.05) is 31.9 Å². The van der Waals surface area contributed by atoms with Crippen molar-refractivity contribution in [3.8, 4) is 0 Å². The number of nitrogens with zero attached hydrogens (tertiary/aromatic N) is 4. The van der Waals surface area contributed by atoms with E-state index in [2.05, 4.69) is 39.8 Å². The monoisotopic (exact) mass is 273 g/mol. The lowest BCUT2D eigenvalue weighted by molar-refractivity contribution is 0.539. The average molecular weight is 273 g/mol. The number of aromatic nitrogens is 4. The fraction of sp³-hybridized carbons (Fsp3) is 0.533. The molecule has 20 heavy (non-hydrogen) atoms. The highest BCUT2D eigenvalue weighted by atomic mass is 15.2. The molecule has 108 valence electrons. The summed E-state index contributed by atoms with van der Waals surface area (Å²) in [6.07, 6.45) is 6.95. The second kappa shape index (κ2) is 6.61.